The minimum absolute atomic E-state index is 0.176. The number of ketones is 1. The fourth-order valence-corrected chi connectivity index (χ4v) is 4.14. The highest BCUT2D eigenvalue weighted by Crippen LogP contribution is 2.21. The number of carbonyl (C=O) groups is 3. The minimum Gasteiger partial charge on any atom is -0.478 e. The number of carbonyl (C=O) groups excluding carboxylic acids is 2. The average Bonchev–Trinajstić information content (AvgIpc) is 2.99. The maximum absolute atomic E-state index is 13.2. The van der Waals surface area contributed by atoms with Gasteiger partial charge >= 0.3 is 5.97 Å². The highest BCUT2D eigenvalue weighted by atomic mass is 16.5. The van der Waals surface area contributed by atoms with Crippen molar-refractivity contribution in [1.29, 1.82) is 0 Å². The van der Waals surface area contributed by atoms with Gasteiger partial charge < -0.3 is 19.9 Å². The number of amides is 1. The average molecular weight is 538 g/mol. The standard InChI is InChI=1S/C33H31NO6/c1-23(40-21-25-10-6-3-7-11-25)31(30(35)22-39-20-24-8-4-2-5-9-24)34-32(36)28-16-12-26(13-17-28)27-14-18-29(19-15-27)33(37)38/h2-19,23,31H,20-22H2,1H3,(H,34,36)(H,37,38)/t23-,31+/m1/s1. The first-order valence-corrected chi connectivity index (χ1v) is 13.0. The monoisotopic (exact) mass is 537 g/mol. The van der Waals surface area contributed by atoms with Gasteiger partial charge in [0.1, 0.15) is 12.6 Å². The molecule has 0 spiro atoms. The van der Waals surface area contributed by atoms with Gasteiger partial charge in [-0.1, -0.05) is 84.9 Å². The second-order valence-corrected chi connectivity index (χ2v) is 9.36. The van der Waals surface area contributed by atoms with Crippen molar-refractivity contribution < 1.29 is 29.0 Å². The number of nitrogens with one attached hydrogen (secondary N) is 1. The van der Waals surface area contributed by atoms with E-state index in [1.807, 2.05) is 60.7 Å². The van der Waals surface area contributed by atoms with E-state index in [2.05, 4.69) is 5.32 Å². The number of carboxylic acid groups (broad SMARTS) is 1. The summed E-state index contributed by atoms with van der Waals surface area (Å²) in [5, 5.41) is 11.9. The predicted molar refractivity (Wildman–Crippen MR) is 152 cm³/mol. The molecular weight excluding hydrogens is 506 g/mol. The number of rotatable bonds is 13. The van der Waals surface area contributed by atoms with Crippen LogP contribution in [0.1, 0.15) is 38.8 Å². The molecule has 7 heteroatoms. The van der Waals surface area contributed by atoms with Gasteiger partial charge in [0.25, 0.3) is 5.91 Å². The van der Waals surface area contributed by atoms with E-state index in [-0.39, 0.29) is 24.6 Å². The van der Waals surface area contributed by atoms with Crippen LogP contribution in [0, 0.1) is 0 Å². The zero-order valence-corrected chi connectivity index (χ0v) is 22.2. The second kappa shape index (κ2) is 14.0. The third-order valence-electron chi connectivity index (χ3n) is 6.43. The van der Waals surface area contributed by atoms with Gasteiger partial charge in [0, 0.05) is 5.56 Å². The van der Waals surface area contributed by atoms with Crippen molar-refractivity contribution in [2.75, 3.05) is 6.61 Å². The summed E-state index contributed by atoms with van der Waals surface area (Å²) in [5.41, 5.74) is 4.13. The summed E-state index contributed by atoms with van der Waals surface area (Å²) >= 11 is 0. The number of benzene rings is 4. The van der Waals surface area contributed by atoms with Gasteiger partial charge in [-0.05, 0) is 53.4 Å². The van der Waals surface area contributed by atoms with Gasteiger partial charge in [0.2, 0.25) is 0 Å². The Hall–Kier alpha value is -4.59. The lowest BCUT2D eigenvalue weighted by Gasteiger charge is -2.24. The van der Waals surface area contributed by atoms with Gasteiger partial charge in [-0.2, -0.15) is 0 Å². The summed E-state index contributed by atoms with van der Waals surface area (Å²) in [6.45, 7) is 2.15. The maximum Gasteiger partial charge on any atom is 0.335 e. The third kappa shape index (κ3) is 7.96. The summed E-state index contributed by atoms with van der Waals surface area (Å²) in [5.74, 6) is -1.69. The Balaban J connectivity index is 1.43. The summed E-state index contributed by atoms with van der Waals surface area (Å²) in [6.07, 6.45) is -0.607. The lowest BCUT2D eigenvalue weighted by atomic mass is 10.0. The van der Waals surface area contributed by atoms with E-state index in [4.69, 9.17) is 14.6 Å². The van der Waals surface area contributed by atoms with E-state index >= 15 is 0 Å². The van der Waals surface area contributed by atoms with E-state index in [1.165, 1.54) is 12.1 Å². The van der Waals surface area contributed by atoms with Crippen molar-refractivity contribution in [2.45, 2.75) is 32.3 Å². The topological polar surface area (TPSA) is 102 Å². The molecule has 0 aliphatic carbocycles. The molecule has 0 aliphatic heterocycles. The van der Waals surface area contributed by atoms with Crippen molar-refractivity contribution >= 4 is 17.7 Å². The van der Waals surface area contributed by atoms with E-state index in [0.29, 0.717) is 12.2 Å². The van der Waals surface area contributed by atoms with Crippen LogP contribution >= 0.6 is 0 Å². The number of aromatic carboxylic acids is 1. The van der Waals surface area contributed by atoms with Crippen LogP contribution in [0.25, 0.3) is 11.1 Å². The molecule has 0 radical (unpaired) electrons. The predicted octanol–water partition coefficient (Wildman–Crippen LogP) is 5.54. The first-order valence-electron chi connectivity index (χ1n) is 13.0. The van der Waals surface area contributed by atoms with Crippen molar-refractivity contribution in [3.63, 3.8) is 0 Å². The molecule has 0 bridgehead atoms. The summed E-state index contributed by atoms with van der Waals surface area (Å²) in [4.78, 5) is 37.5. The Labute approximate surface area is 233 Å². The highest BCUT2D eigenvalue weighted by molar-refractivity contribution is 5.98. The number of hydrogen-bond donors (Lipinski definition) is 2. The van der Waals surface area contributed by atoms with E-state index in [9.17, 15) is 14.4 Å². The molecule has 0 fully saturated rings. The molecule has 1 amide bonds. The van der Waals surface area contributed by atoms with Crippen LogP contribution in [-0.2, 0) is 27.5 Å². The van der Waals surface area contributed by atoms with Crippen LogP contribution < -0.4 is 5.32 Å². The van der Waals surface area contributed by atoms with Crippen molar-refractivity contribution in [1.82, 2.24) is 5.32 Å². The van der Waals surface area contributed by atoms with Crippen molar-refractivity contribution in [2.24, 2.45) is 0 Å². The van der Waals surface area contributed by atoms with Crippen LogP contribution in [0.4, 0.5) is 0 Å². The Kier molecular flexibility index (Phi) is 9.93. The van der Waals surface area contributed by atoms with Gasteiger partial charge in [0.05, 0.1) is 24.9 Å². The van der Waals surface area contributed by atoms with Crippen LogP contribution in [0.5, 0.6) is 0 Å². The Morgan fingerprint density at radius 3 is 1.73 bits per heavy atom. The highest BCUT2D eigenvalue weighted by Gasteiger charge is 2.28. The number of ether oxygens (including phenoxy) is 2. The lowest BCUT2D eigenvalue weighted by molar-refractivity contribution is -0.129. The third-order valence-corrected chi connectivity index (χ3v) is 6.43. The molecule has 0 aliphatic rings. The van der Waals surface area contributed by atoms with Crippen LogP contribution in [-0.4, -0.2) is 41.5 Å². The van der Waals surface area contributed by atoms with Crippen LogP contribution in [0.2, 0.25) is 0 Å². The van der Waals surface area contributed by atoms with Crippen molar-refractivity contribution in [3.8, 4) is 11.1 Å². The fraction of sp³-hybridized carbons (Fsp3) is 0.182. The first-order chi connectivity index (χ1) is 19.4. The van der Waals surface area contributed by atoms with E-state index in [0.717, 1.165) is 22.3 Å². The smallest absolute Gasteiger partial charge is 0.335 e. The van der Waals surface area contributed by atoms with Crippen LogP contribution in [0.15, 0.2) is 109 Å². The largest absolute Gasteiger partial charge is 0.478 e. The second-order valence-electron chi connectivity index (χ2n) is 9.36. The first kappa shape index (κ1) is 28.4. The molecule has 4 rings (SSSR count). The Morgan fingerprint density at radius 1 is 0.700 bits per heavy atom. The molecule has 40 heavy (non-hydrogen) atoms. The van der Waals surface area contributed by atoms with Crippen molar-refractivity contribution in [3.05, 3.63) is 131 Å². The summed E-state index contributed by atoms with van der Waals surface area (Å²) in [7, 11) is 0. The molecule has 2 atom stereocenters. The minimum atomic E-state index is -0.991. The molecule has 0 unspecified atom stereocenters. The molecule has 204 valence electrons. The summed E-state index contributed by atoms with van der Waals surface area (Å²) in [6, 6.07) is 31.6. The SMILES string of the molecule is C[C@@H](OCc1ccccc1)[C@H](NC(=O)c1ccc(-c2ccc(C(=O)O)cc2)cc1)C(=O)COCc1ccccc1. The quantitative estimate of drug-likeness (QED) is 0.232. The number of hydrogen-bond acceptors (Lipinski definition) is 5. The van der Waals surface area contributed by atoms with E-state index < -0.39 is 24.0 Å². The lowest BCUT2D eigenvalue weighted by Crippen LogP contribution is -2.50. The molecule has 0 heterocycles. The van der Waals surface area contributed by atoms with Gasteiger partial charge in [0.15, 0.2) is 5.78 Å². The molecule has 7 nitrogen and oxygen atoms in total. The molecule has 0 saturated carbocycles. The van der Waals surface area contributed by atoms with Gasteiger partial charge in [-0.25, -0.2) is 4.79 Å². The van der Waals surface area contributed by atoms with Crippen LogP contribution in [0.3, 0.4) is 0 Å². The molecular formula is C33H31NO6. The molecule has 4 aromatic rings. The molecule has 4 aromatic carbocycles. The zero-order valence-electron chi connectivity index (χ0n) is 22.2. The number of Topliss-reactive ketones (excluding diaryl/α,β-unsaturated/α-hetero) is 1. The molecule has 2 N–H and O–H groups in total. The zero-order chi connectivity index (χ0) is 28.3. The molecule has 0 saturated heterocycles. The molecule has 0 aromatic heterocycles. The normalized spacial score (nSPS) is 12.3. The van der Waals surface area contributed by atoms with Gasteiger partial charge in [-0.3, -0.25) is 9.59 Å². The van der Waals surface area contributed by atoms with Gasteiger partial charge in [-0.15, -0.1) is 0 Å². The Bertz CT molecular complexity index is 1400. The summed E-state index contributed by atoms with van der Waals surface area (Å²) < 4.78 is 11.6. The maximum atomic E-state index is 13.2. The number of carboxylic acids is 1. The fourth-order valence-electron chi connectivity index (χ4n) is 4.14. The van der Waals surface area contributed by atoms with E-state index in [1.54, 1.807) is 43.3 Å². The Morgan fingerprint density at radius 2 is 1.20 bits per heavy atom.